The monoisotopic (exact) mass is 431 g/mol. The van der Waals surface area contributed by atoms with Crippen molar-refractivity contribution < 1.29 is 19.1 Å². The zero-order chi connectivity index (χ0) is 22.2. The number of esters is 2. The van der Waals surface area contributed by atoms with E-state index in [-0.39, 0.29) is 11.3 Å². The molecule has 31 heavy (non-hydrogen) atoms. The number of benzene rings is 2. The van der Waals surface area contributed by atoms with Crippen molar-refractivity contribution in [1.82, 2.24) is 0 Å². The minimum atomic E-state index is -1.69. The van der Waals surface area contributed by atoms with Crippen LogP contribution in [0.5, 0.6) is 0 Å². The number of fused-ring (bicyclic) bond motifs is 3. The van der Waals surface area contributed by atoms with Crippen molar-refractivity contribution in [2.24, 2.45) is 5.41 Å². The Hall–Kier alpha value is -3.75. The smallest absolute Gasteiger partial charge is 0.355 e. The largest absolute Gasteiger partial charge is 0.466 e. The number of hydrogen-bond acceptors (Lipinski definition) is 8. The van der Waals surface area contributed by atoms with E-state index in [1.54, 1.807) is 47.4 Å². The van der Waals surface area contributed by atoms with Gasteiger partial charge in [0.2, 0.25) is 0 Å². The SMILES string of the molecule is COC(=O)C1=C(C(=O)OC)N2c3ccccc3S[C@H]2C(C#N)(C#N)[C@H]1c1ccccc1. The lowest BCUT2D eigenvalue weighted by Gasteiger charge is -2.45. The van der Waals surface area contributed by atoms with Gasteiger partial charge in [0.25, 0.3) is 0 Å². The Morgan fingerprint density at radius 3 is 2.19 bits per heavy atom. The van der Waals surface area contributed by atoms with E-state index in [0.29, 0.717) is 11.3 Å². The lowest BCUT2D eigenvalue weighted by molar-refractivity contribution is -0.140. The molecule has 0 saturated heterocycles. The van der Waals surface area contributed by atoms with Gasteiger partial charge in [0.1, 0.15) is 11.1 Å². The maximum Gasteiger partial charge on any atom is 0.355 e. The molecule has 2 aromatic rings. The zero-order valence-corrected chi connectivity index (χ0v) is 17.6. The molecule has 4 rings (SSSR count). The summed E-state index contributed by atoms with van der Waals surface area (Å²) in [6, 6.07) is 20.4. The van der Waals surface area contributed by atoms with Gasteiger partial charge in [0.15, 0.2) is 5.41 Å². The summed E-state index contributed by atoms with van der Waals surface area (Å²) >= 11 is 1.31. The van der Waals surface area contributed by atoms with E-state index in [9.17, 15) is 20.1 Å². The Labute approximate surface area is 183 Å². The predicted molar refractivity (Wildman–Crippen MR) is 112 cm³/mol. The van der Waals surface area contributed by atoms with Crippen LogP contribution in [0.3, 0.4) is 0 Å². The second-order valence-electron chi connectivity index (χ2n) is 6.99. The fraction of sp³-hybridized carbons (Fsp3) is 0.217. The highest BCUT2D eigenvalue weighted by atomic mass is 32.2. The lowest BCUT2D eigenvalue weighted by atomic mass is 9.66. The van der Waals surface area contributed by atoms with Gasteiger partial charge in [-0.1, -0.05) is 54.2 Å². The molecule has 2 aliphatic rings. The van der Waals surface area contributed by atoms with Crippen molar-refractivity contribution in [1.29, 1.82) is 10.5 Å². The first-order valence-electron chi connectivity index (χ1n) is 9.37. The van der Waals surface area contributed by atoms with Crippen LogP contribution in [-0.4, -0.2) is 31.5 Å². The summed E-state index contributed by atoms with van der Waals surface area (Å²) < 4.78 is 10.1. The van der Waals surface area contributed by atoms with Gasteiger partial charge in [0, 0.05) is 4.90 Å². The molecule has 7 nitrogen and oxygen atoms in total. The third-order valence-corrected chi connectivity index (χ3v) is 6.92. The van der Waals surface area contributed by atoms with Gasteiger partial charge < -0.3 is 14.4 Å². The molecular weight excluding hydrogens is 414 g/mol. The molecule has 2 heterocycles. The number of nitrogens with zero attached hydrogens (tertiary/aromatic N) is 3. The van der Waals surface area contributed by atoms with Crippen LogP contribution in [0.4, 0.5) is 5.69 Å². The number of ether oxygens (including phenoxy) is 2. The number of hydrogen-bond donors (Lipinski definition) is 0. The Kier molecular flexibility index (Phi) is 5.18. The van der Waals surface area contributed by atoms with Crippen molar-refractivity contribution in [3.05, 3.63) is 71.4 Å². The van der Waals surface area contributed by atoms with E-state index in [4.69, 9.17) is 9.47 Å². The Balaban J connectivity index is 2.14. The first-order chi connectivity index (χ1) is 15.0. The van der Waals surface area contributed by atoms with Crippen LogP contribution in [0.1, 0.15) is 11.5 Å². The van der Waals surface area contributed by atoms with Crippen LogP contribution < -0.4 is 4.90 Å². The molecule has 2 atom stereocenters. The molecule has 0 aromatic heterocycles. The van der Waals surface area contributed by atoms with Crippen molar-refractivity contribution in [2.45, 2.75) is 16.2 Å². The Morgan fingerprint density at radius 1 is 0.968 bits per heavy atom. The molecule has 8 heteroatoms. The quantitative estimate of drug-likeness (QED) is 0.682. The van der Waals surface area contributed by atoms with E-state index in [1.165, 1.54) is 26.0 Å². The number of para-hydroxylation sites is 1. The third kappa shape index (κ3) is 2.88. The molecule has 0 spiro atoms. The zero-order valence-electron chi connectivity index (χ0n) is 16.7. The Bertz CT molecular complexity index is 1170. The van der Waals surface area contributed by atoms with Gasteiger partial charge >= 0.3 is 11.9 Å². The van der Waals surface area contributed by atoms with Crippen molar-refractivity contribution in [2.75, 3.05) is 19.1 Å². The van der Waals surface area contributed by atoms with Crippen LogP contribution in [-0.2, 0) is 19.1 Å². The van der Waals surface area contributed by atoms with Gasteiger partial charge in [-0.2, -0.15) is 10.5 Å². The molecule has 0 amide bonds. The normalized spacial score (nSPS) is 20.7. The summed E-state index contributed by atoms with van der Waals surface area (Å²) in [5.41, 5.74) is -0.597. The van der Waals surface area contributed by atoms with Crippen LogP contribution in [0, 0.1) is 28.1 Å². The standard InChI is InChI=1S/C23H17N3O4S/c1-29-20(27)17-18(14-8-4-3-5-9-14)23(12-24,13-25)22-26(19(17)21(28)30-2)15-10-6-7-11-16(15)31-22/h3-11,18,22H,1-2H3/t18-,22-/m0/s1. The van der Waals surface area contributed by atoms with E-state index in [1.807, 2.05) is 12.1 Å². The van der Waals surface area contributed by atoms with E-state index in [0.717, 1.165) is 4.90 Å². The molecule has 0 saturated carbocycles. The number of carbonyl (C=O) groups is 2. The predicted octanol–water partition coefficient (Wildman–Crippen LogP) is 3.36. The van der Waals surface area contributed by atoms with Crippen molar-refractivity contribution >= 4 is 29.4 Å². The summed E-state index contributed by atoms with van der Waals surface area (Å²) in [4.78, 5) is 28.4. The van der Waals surface area contributed by atoms with Crippen LogP contribution in [0.25, 0.3) is 0 Å². The van der Waals surface area contributed by atoms with E-state index < -0.39 is 28.6 Å². The average molecular weight is 431 g/mol. The van der Waals surface area contributed by atoms with Crippen molar-refractivity contribution in [3.8, 4) is 12.1 Å². The lowest BCUT2D eigenvalue weighted by Crippen LogP contribution is -2.53. The Morgan fingerprint density at radius 2 is 1.58 bits per heavy atom. The molecule has 0 N–H and O–H groups in total. The summed E-state index contributed by atoms with van der Waals surface area (Å²) in [6.45, 7) is 0. The first-order valence-corrected chi connectivity index (χ1v) is 10.2. The molecule has 2 aromatic carbocycles. The van der Waals surface area contributed by atoms with Crippen LogP contribution >= 0.6 is 11.8 Å². The summed E-state index contributed by atoms with van der Waals surface area (Å²) in [5, 5.41) is 19.9. The number of anilines is 1. The first kappa shape index (κ1) is 20.5. The van der Waals surface area contributed by atoms with E-state index >= 15 is 0 Å². The number of methoxy groups -OCH3 is 2. The molecular formula is C23H17N3O4S. The maximum atomic E-state index is 13.1. The average Bonchev–Trinajstić information content (AvgIpc) is 3.22. The number of rotatable bonds is 3. The van der Waals surface area contributed by atoms with E-state index in [2.05, 4.69) is 12.1 Å². The second-order valence-corrected chi connectivity index (χ2v) is 8.11. The molecule has 0 radical (unpaired) electrons. The second kappa shape index (κ2) is 7.82. The number of thioether (sulfide) groups is 1. The summed E-state index contributed by atoms with van der Waals surface area (Å²) in [7, 11) is 2.42. The van der Waals surface area contributed by atoms with Gasteiger partial charge in [-0.25, -0.2) is 9.59 Å². The number of carbonyl (C=O) groups excluding carboxylic acids is 2. The third-order valence-electron chi connectivity index (χ3n) is 5.51. The minimum Gasteiger partial charge on any atom is -0.466 e. The topological polar surface area (TPSA) is 103 Å². The van der Waals surface area contributed by atoms with Gasteiger partial charge in [0.05, 0.1) is 43.5 Å². The maximum absolute atomic E-state index is 13.1. The minimum absolute atomic E-state index is 0.0215. The van der Waals surface area contributed by atoms with Gasteiger partial charge in [-0.05, 0) is 17.7 Å². The molecule has 2 aliphatic heterocycles. The van der Waals surface area contributed by atoms with Crippen LogP contribution in [0.2, 0.25) is 0 Å². The van der Waals surface area contributed by atoms with Gasteiger partial charge in [-0.3, -0.25) is 0 Å². The summed E-state index contributed by atoms with van der Waals surface area (Å²) in [6.07, 6.45) is 0. The highest BCUT2D eigenvalue weighted by Gasteiger charge is 2.62. The number of nitriles is 2. The molecule has 0 unspecified atom stereocenters. The van der Waals surface area contributed by atoms with Gasteiger partial charge in [-0.15, -0.1) is 0 Å². The van der Waals surface area contributed by atoms with Crippen LogP contribution in [0.15, 0.2) is 70.8 Å². The molecule has 154 valence electrons. The fourth-order valence-electron chi connectivity index (χ4n) is 4.20. The molecule has 0 fully saturated rings. The molecule has 0 bridgehead atoms. The van der Waals surface area contributed by atoms with Crippen molar-refractivity contribution in [3.63, 3.8) is 0 Å². The molecule has 0 aliphatic carbocycles. The highest BCUT2D eigenvalue weighted by molar-refractivity contribution is 8.00. The summed E-state index contributed by atoms with van der Waals surface area (Å²) in [5.74, 6) is -2.56. The highest BCUT2D eigenvalue weighted by Crippen LogP contribution is 2.60. The fourth-order valence-corrected chi connectivity index (χ4v) is 5.63.